The SMILES string of the molecule is C[C@@H](/C=C/S(C)(=O)=O)NC(=O)N1CC[C@@H](CCl)C[C@H]1c1ccccc1. The third kappa shape index (κ3) is 6.04. The van der Waals surface area contributed by atoms with Gasteiger partial charge in [-0.3, -0.25) is 0 Å². The topological polar surface area (TPSA) is 66.5 Å². The van der Waals surface area contributed by atoms with Crippen molar-refractivity contribution in [2.75, 3.05) is 18.7 Å². The van der Waals surface area contributed by atoms with Crippen LogP contribution in [0.2, 0.25) is 0 Å². The third-order valence-corrected chi connectivity index (χ3v) is 5.43. The van der Waals surface area contributed by atoms with E-state index in [4.69, 9.17) is 11.6 Å². The number of urea groups is 1. The minimum atomic E-state index is -3.20. The van der Waals surface area contributed by atoms with Crippen molar-refractivity contribution in [1.29, 1.82) is 0 Å². The zero-order valence-electron chi connectivity index (χ0n) is 14.6. The van der Waals surface area contributed by atoms with Gasteiger partial charge in [0.1, 0.15) is 0 Å². The number of piperidine rings is 1. The van der Waals surface area contributed by atoms with Crippen LogP contribution in [0.15, 0.2) is 41.8 Å². The summed E-state index contributed by atoms with van der Waals surface area (Å²) >= 11 is 6.04. The smallest absolute Gasteiger partial charge is 0.318 e. The first-order valence-electron chi connectivity index (χ1n) is 8.36. The van der Waals surface area contributed by atoms with Gasteiger partial charge in [0.05, 0.1) is 6.04 Å². The fraction of sp³-hybridized carbons (Fsp3) is 0.500. The van der Waals surface area contributed by atoms with Crippen molar-refractivity contribution in [2.45, 2.75) is 31.8 Å². The molecule has 1 aliphatic rings. The molecule has 2 rings (SSSR count). The molecule has 3 atom stereocenters. The van der Waals surface area contributed by atoms with E-state index in [1.165, 1.54) is 6.08 Å². The van der Waals surface area contributed by atoms with Gasteiger partial charge in [0.15, 0.2) is 9.84 Å². The standard InChI is InChI=1S/C18H25ClN2O3S/c1-14(9-11-25(2,23)24)20-18(22)21-10-8-15(13-19)12-17(21)16-6-4-3-5-7-16/h3-7,9,11,14-15,17H,8,10,12-13H2,1-2H3,(H,20,22)/b11-9+/t14-,15+,17-/m0/s1. The molecule has 0 bridgehead atoms. The Kier molecular flexibility index (Phi) is 6.90. The molecule has 2 amide bonds. The maximum atomic E-state index is 12.7. The van der Waals surface area contributed by atoms with Crippen LogP contribution in [0.25, 0.3) is 0 Å². The highest BCUT2D eigenvalue weighted by molar-refractivity contribution is 7.93. The summed E-state index contributed by atoms with van der Waals surface area (Å²) in [6.45, 7) is 2.38. The van der Waals surface area contributed by atoms with Crippen LogP contribution in [-0.2, 0) is 9.84 Å². The maximum absolute atomic E-state index is 12.7. The van der Waals surface area contributed by atoms with E-state index in [0.717, 1.165) is 30.1 Å². The molecule has 0 radical (unpaired) electrons. The van der Waals surface area contributed by atoms with Crippen LogP contribution in [0.3, 0.4) is 0 Å². The average molecular weight is 385 g/mol. The number of hydrogen-bond donors (Lipinski definition) is 1. The van der Waals surface area contributed by atoms with Gasteiger partial charge in [-0.25, -0.2) is 13.2 Å². The van der Waals surface area contributed by atoms with Crippen LogP contribution in [0.4, 0.5) is 4.79 Å². The number of alkyl halides is 1. The van der Waals surface area contributed by atoms with Gasteiger partial charge in [-0.2, -0.15) is 0 Å². The molecular weight excluding hydrogens is 360 g/mol. The molecule has 1 aromatic rings. The van der Waals surface area contributed by atoms with E-state index in [2.05, 4.69) is 5.32 Å². The van der Waals surface area contributed by atoms with Gasteiger partial charge in [-0.1, -0.05) is 36.4 Å². The summed E-state index contributed by atoms with van der Waals surface area (Å²) in [7, 11) is -3.20. The fourth-order valence-corrected chi connectivity index (χ4v) is 3.80. The summed E-state index contributed by atoms with van der Waals surface area (Å²) in [5, 5.41) is 3.97. The molecule has 0 saturated carbocycles. The molecule has 0 aliphatic carbocycles. The zero-order valence-corrected chi connectivity index (χ0v) is 16.1. The fourth-order valence-electron chi connectivity index (χ4n) is 3.00. The van der Waals surface area contributed by atoms with E-state index >= 15 is 0 Å². The molecule has 1 N–H and O–H groups in total. The highest BCUT2D eigenvalue weighted by atomic mass is 35.5. The number of hydrogen-bond acceptors (Lipinski definition) is 3. The number of likely N-dealkylation sites (tertiary alicyclic amines) is 1. The lowest BCUT2D eigenvalue weighted by Gasteiger charge is -2.39. The van der Waals surface area contributed by atoms with Gasteiger partial charge in [0.25, 0.3) is 0 Å². The number of halogens is 1. The average Bonchev–Trinajstić information content (AvgIpc) is 2.59. The van der Waals surface area contributed by atoms with Crippen molar-refractivity contribution in [1.82, 2.24) is 10.2 Å². The van der Waals surface area contributed by atoms with Crippen LogP contribution < -0.4 is 5.32 Å². The largest absolute Gasteiger partial charge is 0.332 e. The van der Waals surface area contributed by atoms with Gasteiger partial charge in [-0.05, 0) is 31.2 Å². The first-order chi connectivity index (χ1) is 11.8. The number of nitrogens with one attached hydrogen (secondary N) is 1. The van der Waals surface area contributed by atoms with Gasteiger partial charge >= 0.3 is 6.03 Å². The van der Waals surface area contributed by atoms with Gasteiger partial charge in [0.2, 0.25) is 0 Å². The Bertz CT molecular complexity index is 706. The molecule has 138 valence electrons. The van der Waals surface area contributed by atoms with Crippen molar-refractivity contribution in [3.63, 3.8) is 0 Å². The summed E-state index contributed by atoms with van der Waals surface area (Å²) < 4.78 is 22.4. The Hall–Kier alpha value is -1.53. The second-order valence-electron chi connectivity index (χ2n) is 6.56. The molecule has 1 aliphatic heterocycles. The quantitative estimate of drug-likeness (QED) is 0.792. The van der Waals surface area contributed by atoms with Crippen LogP contribution in [-0.4, -0.2) is 44.1 Å². The third-order valence-electron chi connectivity index (χ3n) is 4.34. The number of nitrogens with zero attached hydrogens (tertiary/aromatic N) is 1. The minimum absolute atomic E-state index is 0.0233. The first kappa shape index (κ1) is 19.8. The van der Waals surface area contributed by atoms with Gasteiger partial charge in [0, 0.05) is 30.1 Å². The summed E-state index contributed by atoms with van der Waals surface area (Å²) in [5.74, 6) is 0.977. The predicted octanol–water partition coefficient (Wildman–Crippen LogP) is 3.33. The Morgan fingerprint density at radius 3 is 2.68 bits per heavy atom. The zero-order chi connectivity index (χ0) is 18.4. The van der Waals surface area contributed by atoms with Crippen LogP contribution in [0.5, 0.6) is 0 Å². The normalized spacial score (nSPS) is 22.8. The van der Waals surface area contributed by atoms with Crippen LogP contribution >= 0.6 is 11.6 Å². The highest BCUT2D eigenvalue weighted by Crippen LogP contribution is 2.34. The molecule has 1 aromatic carbocycles. The van der Waals surface area contributed by atoms with Crippen molar-refractivity contribution < 1.29 is 13.2 Å². The Labute approximate surface area is 155 Å². The summed E-state index contributed by atoms with van der Waals surface area (Å²) in [6.07, 6.45) is 4.30. The van der Waals surface area contributed by atoms with E-state index in [1.807, 2.05) is 35.2 Å². The summed E-state index contributed by atoms with van der Waals surface area (Å²) in [4.78, 5) is 14.5. The maximum Gasteiger partial charge on any atom is 0.318 e. The van der Waals surface area contributed by atoms with Gasteiger partial charge in [-0.15, -0.1) is 11.6 Å². The Morgan fingerprint density at radius 2 is 2.08 bits per heavy atom. The molecule has 1 heterocycles. The molecule has 0 unspecified atom stereocenters. The van der Waals surface area contributed by atoms with E-state index in [0.29, 0.717) is 18.3 Å². The second-order valence-corrected chi connectivity index (χ2v) is 8.80. The molecule has 1 fully saturated rings. The molecule has 1 saturated heterocycles. The van der Waals surface area contributed by atoms with Crippen molar-refractivity contribution in [3.8, 4) is 0 Å². The van der Waals surface area contributed by atoms with E-state index in [-0.39, 0.29) is 18.1 Å². The predicted molar refractivity (Wildman–Crippen MR) is 101 cm³/mol. The lowest BCUT2D eigenvalue weighted by molar-refractivity contribution is 0.131. The van der Waals surface area contributed by atoms with E-state index < -0.39 is 9.84 Å². The van der Waals surface area contributed by atoms with Crippen molar-refractivity contribution >= 4 is 27.5 Å². The Morgan fingerprint density at radius 1 is 1.40 bits per heavy atom. The lowest BCUT2D eigenvalue weighted by Crippen LogP contribution is -2.48. The Balaban J connectivity index is 2.11. The van der Waals surface area contributed by atoms with E-state index in [9.17, 15) is 13.2 Å². The van der Waals surface area contributed by atoms with Crippen LogP contribution in [0, 0.1) is 5.92 Å². The number of carbonyl (C=O) groups excluding carboxylic acids is 1. The number of carbonyl (C=O) groups is 1. The first-order valence-corrected chi connectivity index (χ1v) is 10.9. The number of benzene rings is 1. The molecule has 25 heavy (non-hydrogen) atoms. The van der Waals surface area contributed by atoms with Crippen molar-refractivity contribution in [2.24, 2.45) is 5.92 Å². The number of amides is 2. The molecule has 7 heteroatoms. The molecular formula is C18H25ClN2O3S. The number of sulfone groups is 1. The second kappa shape index (κ2) is 8.72. The van der Waals surface area contributed by atoms with Gasteiger partial charge < -0.3 is 10.2 Å². The molecule has 0 spiro atoms. The summed E-state index contributed by atoms with van der Waals surface area (Å²) in [5.41, 5.74) is 1.09. The highest BCUT2D eigenvalue weighted by Gasteiger charge is 2.32. The lowest BCUT2D eigenvalue weighted by atomic mass is 9.88. The van der Waals surface area contributed by atoms with E-state index in [1.54, 1.807) is 6.92 Å². The summed E-state index contributed by atoms with van der Waals surface area (Å²) in [6, 6.07) is 9.35. The molecule has 0 aromatic heterocycles. The van der Waals surface area contributed by atoms with Crippen molar-refractivity contribution in [3.05, 3.63) is 47.4 Å². The minimum Gasteiger partial charge on any atom is -0.332 e. The van der Waals surface area contributed by atoms with Crippen LogP contribution in [0.1, 0.15) is 31.4 Å². The molecule has 5 nitrogen and oxygen atoms in total. The monoisotopic (exact) mass is 384 g/mol. The number of rotatable bonds is 5.